The van der Waals surface area contributed by atoms with Crippen molar-refractivity contribution in [1.29, 1.82) is 0 Å². The maximum absolute atomic E-state index is 9.79. The van der Waals surface area contributed by atoms with Crippen LogP contribution in [0, 0.1) is 17.4 Å². The van der Waals surface area contributed by atoms with E-state index in [1.54, 1.807) is 6.07 Å². The molecule has 0 aromatic heterocycles. The minimum atomic E-state index is 0.344. The molecule has 18 heavy (non-hydrogen) atoms. The molecule has 0 unspecified atom stereocenters. The zero-order valence-corrected chi connectivity index (χ0v) is 12.7. The van der Waals surface area contributed by atoms with Crippen molar-refractivity contribution in [3.05, 3.63) is 56.7 Å². The Morgan fingerprint density at radius 1 is 1.11 bits per heavy atom. The monoisotopic (exact) mass is 353 g/mol. The molecule has 3 heteroatoms. The fourth-order valence-corrected chi connectivity index (χ4v) is 2.52. The van der Waals surface area contributed by atoms with Crippen molar-refractivity contribution in [3.8, 4) is 5.75 Å². The van der Waals surface area contributed by atoms with E-state index in [0.717, 1.165) is 16.8 Å². The van der Waals surface area contributed by atoms with Gasteiger partial charge in [-0.05, 0) is 66.3 Å². The highest BCUT2D eigenvalue weighted by Gasteiger charge is 2.03. The largest absolute Gasteiger partial charge is 0.508 e. The minimum Gasteiger partial charge on any atom is -0.508 e. The summed E-state index contributed by atoms with van der Waals surface area (Å²) in [6, 6.07) is 11.9. The summed E-state index contributed by atoms with van der Waals surface area (Å²) >= 11 is 2.30. The molecule has 0 aliphatic rings. The van der Waals surface area contributed by atoms with E-state index in [-0.39, 0.29) is 0 Å². The predicted octanol–water partition coefficient (Wildman–Crippen LogP) is 4.23. The molecule has 0 aliphatic carbocycles. The maximum Gasteiger partial charge on any atom is 0.120 e. The van der Waals surface area contributed by atoms with Gasteiger partial charge in [0.25, 0.3) is 0 Å². The zero-order chi connectivity index (χ0) is 13.1. The van der Waals surface area contributed by atoms with Crippen LogP contribution in [0.3, 0.4) is 0 Å². The summed E-state index contributed by atoms with van der Waals surface area (Å²) in [4.78, 5) is 0. The summed E-state index contributed by atoms with van der Waals surface area (Å²) in [6.07, 6.45) is 0. The molecule has 2 N–H and O–H groups in total. The Bertz CT molecular complexity index is 566. The molecule has 0 aliphatic heterocycles. The molecule has 0 amide bonds. The molecule has 0 atom stereocenters. The maximum atomic E-state index is 9.79. The van der Waals surface area contributed by atoms with Crippen molar-refractivity contribution < 1.29 is 5.11 Å². The standard InChI is InChI=1S/C15H16INO/c1-10-3-6-15(18)12(7-10)9-17-14-5-4-13(16)8-11(14)2/h3-8,17-18H,9H2,1-2H3. The first-order chi connectivity index (χ1) is 8.56. The number of rotatable bonds is 3. The number of hydrogen-bond donors (Lipinski definition) is 2. The van der Waals surface area contributed by atoms with Gasteiger partial charge in [-0.1, -0.05) is 17.7 Å². The van der Waals surface area contributed by atoms with E-state index < -0.39 is 0 Å². The number of aryl methyl sites for hydroxylation is 2. The second-order valence-electron chi connectivity index (χ2n) is 4.44. The van der Waals surface area contributed by atoms with Gasteiger partial charge in [-0.25, -0.2) is 0 Å². The highest BCUT2D eigenvalue weighted by Crippen LogP contribution is 2.22. The molecule has 0 spiro atoms. The van der Waals surface area contributed by atoms with Crippen molar-refractivity contribution in [1.82, 2.24) is 0 Å². The van der Waals surface area contributed by atoms with E-state index in [1.807, 2.05) is 19.1 Å². The van der Waals surface area contributed by atoms with Crippen LogP contribution in [0.2, 0.25) is 0 Å². The third-order valence-corrected chi connectivity index (χ3v) is 3.56. The van der Waals surface area contributed by atoms with Crippen molar-refractivity contribution >= 4 is 28.3 Å². The molecule has 0 saturated carbocycles. The van der Waals surface area contributed by atoms with Gasteiger partial charge in [-0.15, -0.1) is 0 Å². The van der Waals surface area contributed by atoms with Gasteiger partial charge >= 0.3 is 0 Å². The highest BCUT2D eigenvalue weighted by atomic mass is 127. The molecule has 2 aromatic rings. The van der Waals surface area contributed by atoms with Gasteiger partial charge in [0.1, 0.15) is 5.75 Å². The second kappa shape index (κ2) is 5.61. The molecule has 0 bridgehead atoms. The molecular formula is C15H16INO. The average Bonchev–Trinajstić information content (AvgIpc) is 2.32. The van der Waals surface area contributed by atoms with Gasteiger partial charge in [0.15, 0.2) is 0 Å². The molecule has 0 saturated heterocycles. The summed E-state index contributed by atoms with van der Waals surface area (Å²) in [5.74, 6) is 0.344. The van der Waals surface area contributed by atoms with Crippen LogP contribution < -0.4 is 5.32 Å². The Labute approximate surface area is 121 Å². The predicted molar refractivity (Wildman–Crippen MR) is 84.1 cm³/mol. The lowest BCUT2D eigenvalue weighted by atomic mass is 10.1. The Balaban J connectivity index is 2.13. The SMILES string of the molecule is Cc1ccc(O)c(CNc2ccc(I)cc2C)c1. The molecule has 94 valence electrons. The van der Waals surface area contributed by atoms with E-state index in [9.17, 15) is 5.11 Å². The van der Waals surface area contributed by atoms with Crippen molar-refractivity contribution in [2.24, 2.45) is 0 Å². The summed E-state index contributed by atoms with van der Waals surface area (Å²) in [5.41, 5.74) is 4.40. The summed E-state index contributed by atoms with van der Waals surface area (Å²) in [6.45, 7) is 4.74. The highest BCUT2D eigenvalue weighted by molar-refractivity contribution is 14.1. The van der Waals surface area contributed by atoms with Crippen LogP contribution in [-0.2, 0) is 6.54 Å². The van der Waals surface area contributed by atoms with Crippen LogP contribution in [-0.4, -0.2) is 5.11 Å². The van der Waals surface area contributed by atoms with E-state index in [0.29, 0.717) is 12.3 Å². The lowest BCUT2D eigenvalue weighted by molar-refractivity contribution is 0.469. The second-order valence-corrected chi connectivity index (χ2v) is 5.69. The Kier molecular flexibility index (Phi) is 4.11. The van der Waals surface area contributed by atoms with E-state index in [4.69, 9.17) is 0 Å². The zero-order valence-electron chi connectivity index (χ0n) is 10.5. The van der Waals surface area contributed by atoms with Crippen LogP contribution >= 0.6 is 22.6 Å². The Morgan fingerprint density at radius 3 is 2.61 bits per heavy atom. The van der Waals surface area contributed by atoms with Crippen molar-refractivity contribution in [3.63, 3.8) is 0 Å². The fourth-order valence-electron chi connectivity index (χ4n) is 1.87. The first kappa shape index (κ1) is 13.2. The molecular weight excluding hydrogens is 337 g/mol. The van der Waals surface area contributed by atoms with Gasteiger partial charge in [-0.2, -0.15) is 0 Å². The normalized spacial score (nSPS) is 10.4. The summed E-state index contributed by atoms with van der Waals surface area (Å²) < 4.78 is 1.23. The number of phenols is 1. The molecule has 0 heterocycles. The summed E-state index contributed by atoms with van der Waals surface area (Å²) in [5, 5.41) is 13.1. The quantitative estimate of drug-likeness (QED) is 0.810. The fraction of sp³-hybridized carbons (Fsp3) is 0.200. The number of phenolic OH excluding ortho intramolecular Hbond substituents is 1. The van der Waals surface area contributed by atoms with E-state index in [1.165, 1.54) is 9.13 Å². The topological polar surface area (TPSA) is 32.3 Å². The first-order valence-electron chi connectivity index (χ1n) is 5.85. The number of halogens is 1. The Morgan fingerprint density at radius 2 is 1.89 bits per heavy atom. The van der Waals surface area contributed by atoms with Gasteiger partial charge in [0, 0.05) is 21.4 Å². The Hall–Kier alpha value is -1.23. The van der Waals surface area contributed by atoms with Gasteiger partial charge in [0.05, 0.1) is 0 Å². The van der Waals surface area contributed by atoms with Crippen molar-refractivity contribution in [2.75, 3.05) is 5.32 Å². The third-order valence-electron chi connectivity index (χ3n) is 2.89. The lowest BCUT2D eigenvalue weighted by Crippen LogP contribution is -2.01. The third kappa shape index (κ3) is 3.16. The van der Waals surface area contributed by atoms with Crippen LogP contribution in [0.1, 0.15) is 16.7 Å². The molecule has 0 fully saturated rings. The minimum absolute atomic E-state index is 0.344. The van der Waals surface area contributed by atoms with Gasteiger partial charge in [-0.3, -0.25) is 0 Å². The van der Waals surface area contributed by atoms with E-state index >= 15 is 0 Å². The van der Waals surface area contributed by atoms with Crippen LogP contribution in [0.4, 0.5) is 5.69 Å². The first-order valence-corrected chi connectivity index (χ1v) is 6.92. The molecule has 2 rings (SSSR count). The smallest absolute Gasteiger partial charge is 0.120 e. The molecule has 2 nitrogen and oxygen atoms in total. The number of aromatic hydroxyl groups is 1. The van der Waals surface area contributed by atoms with Crippen LogP contribution in [0.25, 0.3) is 0 Å². The molecule has 0 radical (unpaired) electrons. The van der Waals surface area contributed by atoms with E-state index in [2.05, 4.69) is 53.0 Å². The van der Waals surface area contributed by atoms with Gasteiger partial charge in [0.2, 0.25) is 0 Å². The van der Waals surface area contributed by atoms with Crippen molar-refractivity contribution in [2.45, 2.75) is 20.4 Å². The number of benzene rings is 2. The molecule has 2 aromatic carbocycles. The van der Waals surface area contributed by atoms with Gasteiger partial charge < -0.3 is 10.4 Å². The lowest BCUT2D eigenvalue weighted by Gasteiger charge is -2.11. The number of nitrogens with one attached hydrogen (secondary N) is 1. The summed E-state index contributed by atoms with van der Waals surface area (Å²) in [7, 11) is 0. The number of anilines is 1. The van der Waals surface area contributed by atoms with Crippen LogP contribution in [0.5, 0.6) is 5.75 Å². The van der Waals surface area contributed by atoms with Crippen LogP contribution in [0.15, 0.2) is 36.4 Å². The average molecular weight is 353 g/mol. The number of hydrogen-bond acceptors (Lipinski definition) is 2.